The number of aliphatic imine (C=N–C) groups is 1. The fraction of sp³-hybridized carbons (Fsp3) is 0.300. The molecule has 1 aliphatic rings. The summed E-state index contributed by atoms with van der Waals surface area (Å²) in [6.45, 7) is 1.41. The van der Waals surface area contributed by atoms with Gasteiger partial charge < -0.3 is 9.47 Å². The van der Waals surface area contributed by atoms with Gasteiger partial charge >= 0.3 is 0 Å². The van der Waals surface area contributed by atoms with Gasteiger partial charge in [0.1, 0.15) is 12.4 Å². The van der Waals surface area contributed by atoms with Crippen LogP contribution >= 0.6 is 22.6 Å². The fourth-order valence-corrected chi connectivity index (χ4v) is 1.80. The van der Waals surface area contributed by atoms with Crippen molar-refractivity contribution in [2.45, 2.75) is 0 Å². The van der Waals surface area contributed by atoms with Crippen molar-refractivity contribution in [1.82, 2.24) is 0 Å². The van der Waals surface area contributed by atoms with Crippen molar-refractivity contribution in [2.75, 3.05) is 20.3 Å². The van der Waals surface area contributed by atoms with E-state index in [-0.39, 0.29) is 0 Å². The van der Waals surface area contributed by atoms with E-state index in [4.69, 9.17) is 9.47 Å². The highest BCUT2D eigenvalue weighted by atomic mass is 127. The van der Waals surface area contributed by atoms with Crippen LogP contribution in [0, 0.1) is 3.57 Å². The van der Waals surface area contributed by atoms with E-state index in [1.165, 1.54) is 0 Å². The minimum atomic E-state index is 0.671. The van der Waals surface area contributed by atoms with Crippen molar-refractivity contribution in [3.05, 3.63) is 27.3 Å². The molecule has 0 fully saturated rings. The smallest absolute Gasteiger partial charge is 0.220 e. The normalized spacial score (nSPS) is 14.9. The van der Waals surface area contributed by atoms with E-state index in [9.17, 15) is 0 Å². The maximum absolute atomic E-state index is 5.39. The third-order valence-corrected chi connectivity index (χ3v) is 2.65. The number of hydrogen-bond donors (Lipinski definition) is 0. The molecule has 0 saturated heterocycles. The molecule has 0 radical (unpaired) electrons. The first-order valence-corrected chi connectivity index (χ1v) is 5.40. The second-order valence-electron chi connectivity index (χ2n) is 2.88. The number of nitrogens with zero attached hydrogens (tertiary/aromatic N) is 1. The molecule has 0 unspecified atom stereocenters. The Morgan fingerprint density at radius 1 is 1.50 bits per heavy atom. The van der Waals surface area contributed by atoms with Crippen LogP contribution < -0.4 is 4.74 Å². The zero-order valence-corrected chi connectivity index (χ0v) is 9.95. The van der Waals surface area contributed by atoms with Crippen LogP contribution in [0.3, 0.4) is 0 Å². The van der Waals surface area contributed by atoms with Crippen molar-refractivity contribution in [3.63, 3.8) is 0 Å². The first kappa shape index (κ1) is 9.76. The summed E-state index contributed by atoms with van der Waals surface area (Å²) >= 11 is 2.25. The zero-order chi connectivity index (χ0) is 9.97. The van der Waals surface area contributed by atoms with Crippen molar-refractivity contribution in [1.29, 1.82) is 0 Å². The molecule has 0 atom stereocenters. The van der Waals surface area contributed by atoms with Gasteiger partial charge in [-0.3, -0.25) is 0 Å². The predicted octanol–water partition coefficient (Wildman–Crippen LogP) is 2.08. The second kappa shape index (κ2) is 4.16. The first-order chi connectivity index (χ1) is 6.81. The molecule has 0 aromatic heterocycles. The SMILES string of the molecule is COc1cc(I)ccc1C1=NCCO1. The topological polar surface area (TPSA) is 30.8 Å². The van der Waals surface area contributed by atoms with E-state index in [1.54, 1.807) is 7.11 Å². The quantitative estimate of drug-likeness (QED) is 0.783. The molecular formula is C10H10INO2. The van der Waals surface area contributed by atoms with E-state index in [0.717, 1.165) is 21.4 Å². The minimum absolute atomic E-state index is 0.671. The molecule has 1 aromatic carbocycles. The molecule has 0 spiro atoms. The molecule has 1 aliphatic heterocycles. The summed E-state index contributed by atoms with van der Waals surface area (Å²) in [5.74, 6) is 1.51. The van der Waals surface area contributed by atoms with Gasteiger partial charge in [0.15, 0.2) is 0 Å². The van der Waals surface area contributed by atoms with Gasteiger partial charge in [0, 0.05) is 3.57 Å². The number of ether oxygens (including phenoxy) is 2. The lowest BCUT2D eigenvalue weighted by molar-refractivity contribution is 0.345. The molecule has 0 aliphatic carbocycles. The van der Waals surface area contributed by atoms with Gasteiger partial charge in [-0.25, -0.2) is 4.99 Å². The lowest BCUT2D eigenvalue weighted by Crippen LogP contribution is -2.03. The Hall–Kier alpha value is -0.780. The Bertz CT molecular complexity index is 376. The maximum atomic E-state index is 5.39. The molecule has 14 heavy (non-hydrogen) atoms. The average Bonchev–Trinajstić information content (AvgIpc) is 2.70. The number of halogens is 1. The Morgan fingerprint density at radius 3 is 3.00 bits per heavy atom. The van der Waals surface area contributed by atoms with Crippen LogP contribution in [0.25, 0.3) is 0 Å². The van der Waals surface area contributed by atoms with Gasteiger partial charge in [0.2, 0.25) is 5.90 Å². The highest BCUT2D eigenvalue weighted by molar-refractivity contribution is 14.1. The molecule has 0 amide bonds. The molecule has 0 bridgehead atoms. The van der Waals surface area contributed by atoms with Crippen molar-refractivity contribution < 1.29 is 9.47 Å². The standard InChI is InChI=1S/C10H10INO2/c1-13-9-6-7(11)2-3-8(9)10-12-4-5-14-10/h2-3,6H,4-5H2,1H3. The van der Waals surface area contributed by atoms with Gasteiger partial charge in [0.25, 0.3) is 0 Å². The molecule has 2 rings (SSSR count). The van der Waals surface area contributed by atoms with E-state index in [0.29, 0.717) is 12.5 Å². The van der Waals surface area contributed by atoms with E-state index < -0.39 is 0 Å². The van der Waals surface area contributed by atoms with Crippen LogP contribution in [-0.2, 0) is 4.74 Å². The lowest BCUT2D eigenvalue weighted by Gasteiger charge is -2.08. The van der Waals surface area contributed by atoms with Gasteiger partial charge in [0.05, 0.1) is 19.2 Å². The molecular weight excluding hydrogens is 293 g/mol. The summed E-state index contributed by atoms with van der Waals surface area (Å²) in [4.78, 5) is 4.26. The van der Waals surface area contributed by atoms with Crippen LogP contribution in [0.4, 0.5) is 0 Å². The Balaban J connectivity index is 2.41. The van der Waals surface area contributed by atoms with Crippen molar-refractivity contribution in [3.8, 4) is 5.75 Å². The molecule has 4 heteroatoms. The van der Waals surface area contributed by atoms with Crippen LogP contribution in [0.15, 0.2) is 23.2 Å². The van der Waals surface area contributed by atoms with Crippen LogP contribution in [-0.4, -0.2) is 26.2 Å². The lowest BCUT2D eigenvalue weighted by atomic mass is 10.2. The molecule has 0 saturated carbocycles. The predicted molar refractivity (Wildman–Crippen MR) is 63.1 cm³/mol. The Labute approximate surface area is 96.3 Å². The van der Waals surface area contributed by atoms with Gasteiger partial charge in [-0.05, 0) is 40.8 Å². The summed E-state index contributed by atoms with van der Waals surface area (Å²) in [6.07, 6.45) is 0. The number of rotatable bonds is 2. The molecule has 1 aromatic rings. The summed E-state index contributed by atoms with van der Waals surface area (Å²) in [5.41, 5.74) is 0.936. The van der Waals surface area contributed by atoms with Gasteiger partial charge in [-0.2, -0.15) is 0 Å². The maximum Gasteiger partial charge on any atom is 0.220 e. The van der Waals surface area contributed by atoms with E-state index >= 15 is 0 Å². The highest BCUT2D eigenvalue weighted by Gasteiger charge is 2.15. The fourth-order valence-electron chi connectivity index (χ4n) is 1.34. The largest absolute Gasteiger partial charge is 0.496 e. The van der Waals surface area contributed by atoms with E-state index in [2.05, 4.69) is 27.6 Å². The third-order valence-electron chi connectivity index (χ3n) is 1.98. The minimum Gasteiger partial charge on any atom is -0.496 e. The monoisotopic (exact) mass is 303 g/mol. The summed E-state index contributed by atoms with van der Waals surface area (Å²) < 4.78 is 11.8. The van der Waals surface area contributed by atoms with Gasteiger partial charge in [-0.1, -0.05) is 0 Å². The highest BCUT2D eigenvalue weighted by Crippen LogP contribution is 2.23. The van der Waals surface area contributed by atoms with Crippen molar-refractivity contribution >= 4 is 28.5 Å². The Morgan fingerprint density at radius 2 is 2.36 bits per heavy atom. The summed E-state index contributed by atoms with van der Waals surface area (Å²) in [5, 5.41) is 0. The second-order valence-corrected chi connectivity index (χ2v) is 4.13. The third kappa shape index (κ3) is 1.84. The Kier molecular flexibility index (Phi) is 2.90. The van der Waals surface area contributed by atoms with Crippen molar-refractivity contribution in [2.24, 2.45) is 4.99 Å². The average molecular weight is 303 g/mol. The summed E-state index contributed by atoms with van der Waals surface area (Å²) in [7, 11) is 1.66. The van der Waals surface area contributed by atoms with Gasteiger partial charge in [-0.15, -0.1) is 0 Å². The number of methoxy groups -OCH3 is 1. The molecule has 0 N–H and O–H groups in total. The number of benzene rings is 1. The van der Waals surface area contributed by atoms with Crippen LogP contribution in [0.5, 0.6) is 5.75 Å². The first-order valence-electron chi connectivity index (χ1n) is 4.32. The number of hydrogen-bond acceptors (Lipinski definition) is 3. The van der Waals surface area contributed by atoms with Crippen LogP contribution in [0.1, 0.15) is 5.56 Å². The molecule has 1 heterocycles. The zero-order valence-electron chi connectivity index (χ0n) is 7.79. The van der Waals surface area contributed by atoms with E-state index in [1.807, 2.05) is 18.2 Å². The molecule has 3 nitrogen and oxygen atoms in total. The molecule has 74 valence electrons. The summed E-state index contributed by atoms with van der Waals surface area (Å²) in [6, 6.07) is 5.97. The van der Waals surface area contributed by atoms with Crippen LogP contribution in [0.2, 0.25) is 0 Å².